The minimum atomic E-state index is -4.01. The molecule has 0 atom stereocenters. The molecule has 150 valence electrons. The molecule has 3 aromatic rings. The molecule has 0 unspecified atom stereocenters. The summed E-state index contributed by atoms with van der Waals surface area (Å²) >= 11 is 0. The molecule has 6 heteroatoms. The molecule has 0 bridgehead atoms. The predicted molar refractivity (Wildman–Crippen MR) is 116 cm³/mol. The molecule has 1 aliphatic rings. The Morgan fingerprint density at radius 3 is 1.60 bits per heavy atom. The molecule has 0 N–H and O–H groups in total. The van der Waals surface area contributed by atoms with Gasteiger partial charge in [-0.15, -0.1) is 0 Å². The van der Waals surface area contributed by atoms with E-state index >= 15 is 0 Å². The smallest absolute Gasteiger partial charge is 0.386 e. The van der Waals surface area contributed by atoms with Gasteiger partial charge in [-0.1, -0.05) is 60.7 Å². The van der Waals surface area contributed by atoms with Crippen LogP contribution in [0.25, 0.3) is 5.57 Å². The van der Waals surface area contributed by atoms with E-state index in [4.69, 9.17) is 13.6 Å². The number of hydrogen-bond acceptors (Lipinski definition) is 5. The van der Waals surface area contributed by atoms with Crippen molar-refractivity contribution in [3.8, 4) is 17.2 Å². The van der Waals surface area contributed by atoms with Gasteiger partial charge in [0, 0.05) is 6.42 Å². The zero-order chi connectivity index (χ0) is 20.8. The Balaban J connectivity index is 1.56. The highest BCUT2D eigenvalue weighted by molar-refractivity contribution is 7.49. The predicted octanol–water partition coefficient (Wildman–Crippen LogP) is 6.24. The van der Waals surface area contributed by atoms with Crippen molar-refractivity contribution in [3.63, 3.8) is 0 Å². The van der Waals surface area contributed by atoms with E-state index in [1.165, 1.54) is 0 Å². The van der Waals surface area contributed by atoms with E-state index in [0.29, 0.717) is 23.7 Å². The van der Waals surface area contributed by atoms with Gasteiger partial charge in [-0.3, -0.25) is 4.79 Å². The number of phosphoric acid groups is 1. The van der Waals surface area contributed by atoms with E-state index in [9.17, 15) is 9.36 Å². The summed E-state index contributed by atoms with van der Waals surface area (Å²) in [5.41, 5.74) is 1.87. The van der Waals surface area contributed by atoms with Crippen LogP contribution in [0.3, 0.4) is 0 Å². The Morgan fingerprint density at radius 1 is 0.633 bits per heavy atom. The van der Waals surface area contributed by atoms with Crippen LogP contribution in [0.5, 0.6) is 17.2 Å². The molecule has 0 saturated carbocycles. The summed E-state index contributed by atoms with van der Waals surface area (Å²) in [7, 11) is -4.01. The Morgan fingerprint density at radius 2 is 1.13 bits per heavy atom. The summed E-state index contributed by atoms with van der Waals surface area (Å²) in [5, 5.41) is 0. The van der Waals surface area contributed by atoms with Gasteiger partial charge < -0.3 is 13.6 Å². The molecular weight excluding hydrogens is 399 g/mol. The molecular formula is C24H19O5P. The van der Waals surface area contributed by atoms with Crippen LogP contribution in [0.15, 0.2) is 103 Å². The maximum atomic E-state index is 13.4. The van der Waals surface area contributed by atoms with Crippen LogP contribution in [-0.4, -0.2) is 5.78 Å². The van der Waals surface area contributed by atoms with Crippen molar-refractivity contribution in [2.24, 2.45) is 0 Å². The quantitative estimate of drug-likeness (QED) is 0.425. The minimum Gasteiger partial charge on any atom is -0.386 e. The van der Waals surface area contributed by atoms with Crippen molar-refractivity contribution < 1.29 is 22.9 Å². The molecule has 0 amide bonds. The lowest BCUT2D eigenvalue weighted by molar-refractivity contribution is -0.113. The number of para-hydroxylation sites is 2. The van der Waals surface area contributed by atoms with Gasteiger partial charge in [0.05, 0.1) is 0 Å². The summed E-state index contributed by atoms with van der Waals surface area (Å²) in [4.78, 5) is 11.3. The van der Waals surface area contributed by atoms with Gasteiger partial charge in [0.1, 0.15) is 17.2 Å². The summed E-state index contributed by atoms with van der Waals surface area (Å²) < 4.78 is 30.3. The van der Waals surface area contributed by atoms with Crippen LogP contribution in [-0.2, 0) is 9.36 Å². The molecule has 0 spiro atoms. The number of carbonyl (C=O) groups excluding carboxylic acids is 1. The Kier molecular flexibility index (Phi) is 5.82. The second-order valence-electron chi connectivity index (χ2n) is 6.53. The zero-order valence-corrected chi connectivity index (χ0v) is 16.9. The average molecular weight is 418 g/mol. The van der Waals surface area contributed by atoms with E-state index in [-0.39, 0.29) is 5.78 Å². The van der Waals surface area contributed by atoms with Crippen LogP contribution < -0.4 is 13.6 Å². The van der Waals surface area contributed by atoms with Gasteiger partial charge in [-0.25, -0.2) is 0 Å². The van der Waals surface area contributed by atoms with Crippen molar-refractivity contribution in [3.05, 3.63) is 109 Å². The highest BCUT2D eigenvalue weighted by atomic mass is 31.2. The van der Waals surface area contributed by atoms with E-state index in [1.54, 1.807) is 72.8 Å². The second kappa shape index (κ2) is 8.85. The third kappa shape index (κ3) is 5.07. The molecule has 0 saturated heterocycles. The first kappa shape index (κ1) is 19.7. The van der Waals surface area contributed by atoms with E-state index in [2.05, 4.69) is 0 Å². The number of allylic oxidation sites excluding steroid dienone is 4. The number of rotatable bonds is 7. The fourth-order valence-electron chi connectivity index (χ4n) is 2.86. The average Bonchev–Trinajstić information content (AvgIpc) is 2.76. The largest absolute Gasteiger partial charge is 0.647 e. The van der Waals surface area contributed by atoms with Crippen LogP contribution in [0.1, 0.15) is 12.0 Å². The number of benzene rings is 3. The summed E-state index contributed by atoms with van der Waals surface area (Å²) in [6, 6.07) is 24.5. The number of hydrogen-bond donors (Lipinski definition) is 0. The standard InChI is InChI=1S/C24H19O5P/c25-21-15-11-19(12-16-21)20-13-17-24(18-14-20)29-30(26,27-22-7-3-1-4-8-22)28-23-9-5-2-6-10-23/h1-15,17-18H,16H2. The molecule has 0 heterocycles. The fourth-order valence-corrected chi connectivity index (χ4v) is 4.11. The molecule has 0 aromatic heterocycles. The first-order chi connectivity index (χ1) is 14.6. The zero-order valence-electron chi connectivity index (χ0n) is 16.0. The Bertz CT molecular complexity index is 1070. The van der Waals surface area contributed by atoms with Crippen molar-refractivity contribution >= 4 is 19.2 Å². The number of ketones is 1. The van der Waals surface area contributed by atoms with E-state index in [1.807, 2.05) is 30.3 Å². The van der Waals surface area contributed by atoms with Crippen LogP contribution >= 0.6 is 7.82 Å². The van der Waals surface area contributed by atoms with E-state index in [0.717, 1.165) is 11.1 Å². The van der Waals surface area contributed by atoms with Gasteiger partial charge >= 0.3 is 7.82 Å². The maximum absolute atomic E-state index is 13.4. The van der Waals surface area contributed by atoms with Crippen LogP contribution in [0, 0.1) is 0 Å². The first-order valence-corrected chi connectivity index (χ1v) is 10.9. The second-order valence-corrected chi connectivity index (χ2v) is 7.98. The van der Waals surface area contributed by atoms with Crippen LogP contribution in [0.4, 0.5) is 0 Å². The van der Waals surface area contributed by atoms with E-state index < -0.39 is 7.82 Å². The van der Waals surface area contributed by atoms with Gasteiger partial charge in [0.15, 0.2) is 5.78 Å². The van der Waals surface area contributed by atoms with Crippen molar-refractivity contribution in [1.82, 2.24) is 0 Å². The SMILES string of the molecule is O=C1C=CC(c2ccc(OP(=O)(Oc3ccccc3)Oc3ccccc3)cc2)=CC1. The number of phosphoric ester groups is 1. The van der Waals surface area contributed by atoms with Gasteiger partial charge in [0.2, 0.25) is 0 Å². The topological polar surface area (TPSA) is 61.8 Å². The van der Waals surface area contributed by atoms with Crippen molar-refractivity contribution in [2.75, 3.05) is 0 Å². The highest BCUT2D eigenvalue weighted by Gasteiger charge is 2.33. The highest BCUT2D eigenvalue weighted by Crippen LogP contribution is 2.49. The summed E-state index contributed by atoms with van der Waals surface area (Å²) in [6.07, 6.45) is 5.61. The van der Waals surface area contributed by atoms with Gasteiger partial charge in [0.25, 0.3) is 0 Å². The fraction of sp³-hybridized carbons (Fsp3) is 0.0417. The molecule has 30 heavy (non-hydrogen) atoms. The lowest BCUT2D eigenvalue weighted by Crippen LogP contribution is -2.07. The van der Waals surface area contributed by atoms with Gasteiger partial charge in [-0.2, -0.15) is 4.57 Å². The molecule has 0 radical (unpaired) electrons. The van der Waals surface area contributed by atoms with Crippen LogP contribution in [0.2, 0.25) is 0 Å². The first-order valence-electron chi connectivity index (χ1n) is 9.40. The molecule has 0 aliphatic heterocycles. The molecule has 0 fully saturated rings. The normalized spacial score (nSPS) is 13.5. The summed E-state index contributed by atoms with van der Waals surface area (Å²) in [6.45, 7) is 0. The molecule has 4 rings (SSSR count). The lowest BCUT2D eigenvalue weighted by atomic mass is 9.99. The monoisotopic (exact) mass is 418 g/mol. The number of carbonyl (C=O) groups is 1. The molecule has 5 nitrogen and oxygen atoms in total. The lowest BCUT2D eigenvalue weighted by Gasteiger charge is -2.19. The Labute approximate surface area is 174 Å². The van der Waals surface area contributed by atoms with Crippen molar-refractivity contribution in [1.29, 1.82) is 0 Å². The maximum Gasteiger partial charge on any atom is 0.647 e. The molecule has 1 aliphatic carbocycles. The third-order valence-electron chi connectivity index (χ3n) is 4.30. The molecule has 3 aromatic carbocycles. The Hall–Kier alpha value is -3.56. The van der Waals surface area contributed by atoms with Gasteiger partial charge in [-0.05, 0) is 53.6 Å². The minimum absolute atomic E-state index is 0.0794. The van der Waals surface area contributed by atoms with Crippen molar-refractivity contribution in [2.45, 2.75) is 6.42 Å². The third-order valence-corrected chi connectivity index (χ3v) is 5.60. The summed E-state index contributed by atoms with van der Waals surface area (Å²) in [5.74, 6) is 1.16.